The molecule has 5 aromatic carbocycles. The van der Waals surface area contributed by atoms with E-state index >= 15 is 0 Å². The van der Waals surface area contributed by atoms with Gasteiger partial charge in [-0.25, -0.2) is 0 Å². The number of hydrogen-bond acceptors (Lipinski definition) is 0. The van der Waals surface area contributed by atoms with Crippen molar-refractivity contribution in [2.75, 3.05) is 0 Å². The van der Waals surface area contributed by atoms with E-state index < -0.39 is 0 Å². The summed E-state index contributed by atoms with van der Waals surface area (Å²) in [7, 11) is 0. The van der Waals surface area contributed by atoms with Crippen molar-refractivity contribution < 1.29 is 48.1 Å². The van der Waals surface area contributed by atoms with Crippen LogP contribution in [0, 0.1) is 0 Å². The number of hydrogen-bond donors (Lipinski definition) is 0. The first-order valence-corrected chi connectivity index (χ1v) is 13.9. The second-order valence-electron chi connectivity index (χ2n) is 6.15. The van der Waals surface area contributed by atoms with Crippen LogP contribution in [-0.2, 0) is 29.4 Å². The van der Waals surface area contributed by atoms with E-state index in [1.165, 1.54) is 33.2 Å². The summed E-state index contributed by atoms with van der Waals surface area (Å²) in [4.78, 5) is 0. The van der Waals surface area contributed by atoms with E-state index in [2.05, 4.69) is 115 Å². The molecular formula is C25H21Cl2SiZr-2. The fraction of sp³-hybridized carbons (Fsp3) is 0.0400. The van der Waals surface area contributed by atoms with E-state index in [1.54, 1.807) is 23.3 Å². The van der Waals surface area contributed by atoms with Gasteiger partial charge < -0.3 is 24.8 Å². The van der Waals surface area contributed by atoms with Crippen LogP contribution in [0.4, 0.5) is 0 Å². The largest absolute Gasteiger partial charge is 0.168 e. The average molecular weight is 512 g/mol. The molecule has 0 bridgehead atoms. The first-order valence-electron chi connectivity index (χ1n) is 9.01. The van der Waals surface area contributed by atoms with Crippen LogP contribution >= 0.6 is 0 Å². The molecule has 0 saturated carbocycles. The first kappa shape index (κ1) is 25.6. The maximum Gasteiger partial charge on any atom is -0.0809 e. The Bertz CT molecular complexity index is 957. The fourth-order valence-electron chi connectivity index (χ4n) is 2.84. The minimum absolute atomic E-state index is 0. The van der Waals surface area contributed by atoms with E-state index in [4.69, 9.17) is 0 Å². The normalized spacial score (nSPS) is 9.17. The summed E-state index contributed by atoms with van der Waals surface area (Å²) in [6.45, 7) is 0. The summed E-state index contributed by atoms with van der Waals surface area (Å²) >= 11 is 1.66. The van der Waals surface area contributed by atoms with Gasteiger partial charge in [-0.3, -0.25) is 0 Å². The second-order valence-corrected chi connectivity index (χ2v) is 9.46. The molecule has 0 aliphatic rings. The summed E-state index contributed by atoms with van der Waals surface area (Å²) in [5.74, 6) is 0. The Morgan fingerprint density at radius 1 is 0.586 bits per heavy atom. The molecule has 0 nitrogen and oxygen atoms in total. The summed E-state index contributed by atoms with van der Waals surface area (Å²) < 4.78 is 0. The van der Waals surface area contributed by atoms with Crippen molar-refractivity contribution in [3.8, 4) is 0 Å². The van der Waals surface area contributed by atoms with Gasteiger partial charge in [0.15, 0.2) is 0 Å². The number of halogens is 2. The molecule has 1 radical (unpaired) electrons. The summed E-state index contributed by atoms with van der Waals surface area (Å²) in [5.41, 5.74) is 1.48. The third-order valence-electron chi connectivity index (χ3n) is 4.23. The van der Waals surface area contributed by atoms with Crippen LogP contribution in [0.2, 0.25) is 0 Å². The molecule has 0 spiro atoms. The zero-order chi connectivity index (χ0) is 18.7. The van der Waals surface area contributed by atoms with Crippen LogP contribution in [0.25, 0.3) is 21.5 Å². The number of benzene rings is 3. The van der Waals surface area contributed by atoms with Gasteiger partial charge >= 0.3 is 71.4 Å². The van der Waals surface area contributed by atoms with Gasteiger partial charge in [0.1, 0.15) is 0 Å². The molecule has 0 unspecified atom stereocenters. The van der Waals surface area contributed by atoms with Gasteiger partial charge in [0.05, 0.1) is 0 Å². The van der Waals surface area contributed by atoms with Crippen molar-refractivity contribution in [3.05, 3.63) is 121 Å². The molecule has 145 valence electrons. The second kappa shape index (κ2) is 14.5. The van der Waals surface area contributed by atoms with Crippen molar-refractivity contribution in [2.45, 2.75) is 6.04 Å². The van der Waals surface area contributed by atoms with E-state index in [1.807, 2.05) is 0 Å². The fourth-order valence-corrected chi connectivity index (χ4v) is 4.78. The minimum atomic E-state index is 0. The maximum absolute atomic E-state index is 2.19. The van der Waals surface area contributed by atoms with Crippen LogP contribution in [0.15, 0.2) is 115 Å². The zero-order valence-corrected chi connectivity index (χ0v) is 20.9. The minimum Gasteiger partial charge on any atom is -0.168 e. The number of fused-ring (bicyclic) bond motifs is 2. The standard InChI is InChI=1S/2C9H7.C7H7Si.2ClH.Zr/c2*1-2-5-9-7-3-6-8(9)4-1;8-6-7-4-2-1-3-5-7;;;/h2*1-7H;1-5H,6H2;2*1H;/q2*-1;;;;+2/p-2. The SMILES string of the molecule is [Cl-].[Cl-].[Zr+2]=[Si]Cc1ccccc1.c1ccc2[cH-]ccc2c1.c1ccc2[cH-]ccc2c1. The molecule has 0 aromatic heterocycles. The van der Waals surface area contributed by atoms with Crippen LogP contribution < -0.4 is 24.8 Å². The van der Waals surface area contributed by atoms with Gasteiger partial charge in [-0.1, -0.05) is 12.1 Å². The molecule has 0 saturated heterocycles. The van der Waals surface area contributed by atoms with Crippen LogP contribution in [0.1, 0.15) is 5.56 Å². The third-order valence-corrected chi connectivity index (χ3v) is 6.12. The Morgan fingerprint density at radius 2 is 1.03 bits per heavy atom. The van der Waals surface area contributed by atoms with Crippen molar-refractivity contribution in [1.82, 2.24) is 0 Å². The zero-order valence-electron chi connectivity index (χ0n) is 15.9. The van der Waals surface area contributed by atoms with E-state index in [9.17, 15) is 0 Å². The average Bonchev–Trinajstić information content (AvgIpc) is 3.39. The van der Waals surface area contributed by atoms with E-state index in [0.29, 0.717) is 0 Å². The molecule has 0 aliphatic heterocycles. The Morgan fingerprint density at radius 3 is 1.48 bits per heavy atom. The summed E-state index contributed by atoms with van der Waals surface area (Å²) in [6.07, 6.45) is 1.13. The Kier molecular flexibility index (Phi) is 12.8. The van der Waals surface area contributed by atoms with Gasteiger partial charge in [0.2, 0.25) is 0 Å². The molecule has 0 fully saturated rings. The molecule has 0 amide bonds. The Labute approximate surface area is 201 Å². The van der Waals surface area contributed by atoms with Gasteiger partial charge in [-0.05, 0) is 0 Å². The van der Waals surface area contributed by atoms with E-state index in [-0.39, 0.29) is 24.8 Å². The van der Waals surface area contributed by atoms with Crippen molar-refractivity contribution in [1.29, 1.82) is 0 Å². The molecular weight excluding hydrogens is 490 g/mol. The molecule has 5 aromatic rings. The van der Waals surface area contributed by atoms with Crippen LogP contribution in [0.3, 0.4) is 0 Å². The first-order chi connectivity index (χ1) is 13.4. The predicted molar refractivity (Wildman–Crippen MR) is 115 cm³/mol. The predicted octanol–water partition coefficient (Wildman–Crippen LogP) is 0.478. The van der Waals surface area contributed by atoms with Crippen LogP contribution in [-0.4, -0.2) is 6.16 Å². The molecule has 29 heavy (non-hydrogen) atoms. The quantitative estimate of drug-likeness (QED) is 0.239. The monoisotopic (exact) mass is 509 g/mol. The molecule has 0 N–H and O–H groups in total. The van der Waals surface area contributed by atoms with Crippen molar-refractivity contribution >= 4 is 27.7 Å². The van der Waals surface area contributed by atoms with Gasteiger partial charge in [0.25, 0.3) is 0 Å². The molecule has 0 atom stereocenters. The molecule has 0 heterocycles. The summed E-state index contributed by atoms with van der Waals surface area (Å²) in [6, 6.07) is 41.3. The van der Waals surface area contributed by atoms with Crippen molar-refractivity contribution in [2.24, 2.45) is 0 Å². The van der Waals surface area contributed by atoms with Crippen LogP contribution in [0.5, 0.6) is 0 Å². The molecule has 5 rings (SSSR count). The number of rotatable bonds is 2. The molecule has 0 aliphatic carbocycles. The van der Waals surface area contributed by atoms with Gasteiger partial charge in [-0.15, -0.1) is 59.3 Å². The summed E-state index contributed by atoms with van der Waals surface area (Å²) in [5, 5.41) is 5.32. The smallest absolute Gasteiger partial charge is 0.0809 e. The van der Waals surface area contributed by atoms with Crippen molar-refractivity contribution in [3.63, 3.8) is 0 Å². The Hall–Kier alpha value is -1.44. The topological polar surface area (TPSA) is 0 Å². The van der Waals surface area contributed by atoms with Gasteiger partial charge in [0, 0.05) is 0 Å². The third kappa shape index (κ3) is 8.44. The molecule has 4 heteroatoms. The Balaban J connectivity index is 0.000000210. The van der Waals surface area contributed by atoms with E-state index in [0.717, 1.165) is 6.16 Å². The van der Waals surface area contributed by atoms with Gasteiger partial charge in [-0.2, -0.15) is 35.0 Å². The maximum atomic E-state index is 2.19.